The zero-order valence-corrected chi connectivity index (χ0v) is 8.64. The molecule has 15 heavy (non-hydrogen) atoms. The molecule has 0 aliphatic heterocycles. The number of nitrogens with two attached hydrogens (primary N) is 1. The van der Waals surface area contributed by atoms with Crippen LogP contribution in [0.25, 0.3) is 0 Å². The summed E-state index contributed by atoms with van der Waals surface area (Å²) in [5, 5.41) is 10.2. The highest BCUT2D eigenvalue weighted by Gasteiger charge is 2.28. The first-order valence-corrected chi connectivity index (χ1v) is 4.78. The average Bonchev–Trinajstić information content (AvgIpc) is 2.27. The fraction of sp³-hybridized carbons (Fsp3) is 0.364. The summed E-state index contributed by atoms with van der Waals surface area (Å²) in [5.41, 5.74) is 4.42. The van der Waals surface area contributed by atoms with Crippen molar-refractivity contribution in [1.82, 2.24) is 0 Å². The quantitative estimate of drug-likeness (QED) is 0.786. The summed E-state index contributed by atoms with van der Waals surface area (Å²) < 4.78 is 4.64. The minimum atomic E-state index is -1.16. The van der Waals surface area contributed by atoms with Crippen molar-refractivity contribution < 1.29 is 14.6 Å². The van der Waals surface area contributed by atoms with Crippen molar-refractivity contribution in [3.05, 3.63) is 35.9 Å². The molecule has 0 aliphatic carbocycles. The zero-order chi connectivity index (χ0) is 11.3. The molecule has 3 N–H and O–H groups in total. The monoisotopic (exact) mass is 209 g/mol. The fourth-order valence-electron chi connectivity index (χ4n) is 1.33. The molecular weight excluding hydrogens is 194 g/mol. The topological polar surface area (TPSA) is 72.6 Å². The molecule has 1 aromatic carbocycles. The van der Waals surface area contributed by atoms with Gasteiger partial charge in [0.2, 0.25) is 0 Å². The number of hydrogen-bond acceptors (Lipinski definition) is 3. The molecule has 0 unspecified atom stereocenters. The minimum absolute atomic E-state index is 0.122. The van der Waals surface area contributed by atoms with E-state index in [0.717, 1.165) is 0 Å². The van der Waals surface area contributed by atoms with Crippen molar-refractivity contribution in [2.75, 3.05) is 6.61 Å². The molecule has 0 radical (unpaired) electrons. The molecule has 1 atom stereocenters. The molecule has 1 aromatic rings. The number of hydrogen-bond donors (Lipinski definition) is 2. The highest BCUT2D eigenvalue weighted by molar-refractivity contribution is 5.64. The van der Waals surface area contributed by atoms with Gasteiger partial charge in [0, 0.05) is 0 Å². The number of primary amides is 1. The molecule has 0 saturated carbocycles. The van der Waals surface area contributed by atoms with E-state index in [1.54, 1.807) is 12.1 Å². The highest BCUT2D eigenvalue weighted by atomic mass is 16.6. The third-order valence-corrected chi connectivity index (χ3v) is 2.35. The molecule has 4 heteroatoms. The smallest absolute Gasteiger partial charge is 0.404 e. The van der Waals surface area contributed by atoms with Crippen molar-refractivity contribution in [1.29, 1.82) is 0 Å². The number of benzene rings is 1. The number of aliphatic hydroxyl groups is 1. The molecule has 0 bridgehead atoms. The number of rotatable bonds is 4. The first-order chi connectivity index (χ1) is 7.08. The van der Waals surface area contributed by atoms with Gasteiger partial charge < -0.3 is 15.6 Å². The molecule has 4 nitrogen and oxygen atoms in total. The third kappa shape index (κ3) is 2.95. The largest absolute Gasteiger partial charge is 0.446 e. The van der Waals surface area contributed by atoms with E-state index >= 15 is 0 Å². The van der Waals surface area contributed by atoms with Crippen molar-refractivity contribution in [3.8, 4) is 0 Å². The Kier molecular flexibility index (Phi) is 3.68. The SMILES string of the molecule is CC[C@](O)(COC(N)=O)c1ccccc1. The Bertz CT molecular complexity index is 326. The van der Waals surface area contributed by atoms with E-state index in [1.807, 2.05) is 25.1 Å². The zero-order valence-electron chi connectivity index (χ0n) is 8.64. The second-order valence-corrected chi connectivity index (χ2v) is 3.36. The van der Waals surface area contributed by atoms with Crippen LogP contribution >= 0.6 is 0 Å². The Labute approximate surface area is 88.7 Å². The Morgan fingerprint density at radius 3 is 2.53 bits per heavy atom. The number of ether oxygens (including phenoxy) is 1. The molecule has 0 spiro atoms. The maximum absolute atomic E-state index is 10.5. The fourth-order valence-corrected chi connectivity index (χ4v) is 1.33. The maximum atomic E-state index is 10.5. The summed E-state index contributed by atoms with van der Waals surface area (Å²) >= 11 is 0. The van der Waals surface area contributed by atoms with E-state index in [-0.39, 0.29) is 6.61 Å². The first-order valence-electron chi connectivity index (χ1n) is 4.78. The van der Waals surface area contributed by atoms with Gasteiger partial charge in [-0.15, -0.1) is 0 Å². The average molecular weight is 209 g/mol. The summed E-state index contributed by atoms with van der Waals surface area (Å²) in [6.45, 7) is 1.69. The van der Waals surface area contributed by atoms with E-state index in [2.05, 4.69) is 4.74 Å². The van der Waals surface area contributed by atoms with Gasteiger partial charge in [-0.2, -0.15) is 0 Å². The van der Waals surface area contributed by atoms with E-state index in [4.69, 9.17) is 5.73 Å². The van der Waals surface area contributed by atoms with Crippen LogP contribution in [0, 0.1) is 0 Å². The summed E-state index contributed by atoms with van der Waals surface area (Å²) in [6.07, 6.45) is -0.428. The lowest BCUT2D eigenvalue weighted by atomic mass is 9.92. The van der Waals surface area contributed by atoms with E-state index in [0.29, 0.717) is 12.0 Å². The third-order valence-electron chi connectivity index (χ3n) is 2.35. The van der Waals surface area contributed by atoms with Crippen LogP contribution in [0.1, 0.15) is 18.9 Å². The predicted molar refractivity (Wildman–Crippen MR) is 56.2 cm³/mol. The number of amides is 1. The lowest BCUT2D eigenvalue weighted by Crippen LogP contribution is -2.33. The number of carbonyl (C=O) groups excluding carboxylic acids is 1. The molecular formula is C11H15NO3. The van der Waals surface area contributed by atoms with E-state index < -0.39 is 11.7 Å². The summed E-state index contributed by atoms with van der Waals surface area (Å²) in [7, 11) is 0. The van der Waals surface area contributed by atoms with Crippen molar-refractivity contribution in [2.24, 2.45) is 5.73 Å². The molecule has 1 rings (SSSR count). The molecule has 0 aromatic heterocycles. The van der Waals surface area contributed by atoms with Gasteiger partial charge in [-0.05, 0) is 12.0 Å². The van der Waals surface area contributed by atoms with E-state index in [1.165, 1.54) is 0 Å². The first kappa shape index (κ1) is 11.5. The van der Waals surface area contributed by atoms with Crippen LogP contribution in [0.5, 0.6) is 0 Å². The van der Waals surface area contributed by atoms with Crippen LogP contribution in [-0.2, 0) is 10.3 Å². The lowest BCUT2D eigenvalue weighted by Gasteiger charge is -2.26. The van der Waals surface area contributed by atoms with Crippen molar-refractivity contribution in [3.63, 3.8) is 0 Å². The second kappa shape index (κ2) is 4.79. The van der Waals surface area contributed by atoms with Crippen LogP contribution in [0.3, 0.4) is 0 Å². The Balaban J connectivity index is 2.80. The highest BCUT2D eigenvalue weighted by Crippen LogP contribution is 2.24. The summed E-state index contributed by atoms with van der Waals surface area (Å²) in [6, 6.07) is 9.07. The molecule has 0 aliphatic rings. The molecule has 0 heterocycles. The minimum Gasteiger partial charge on any atom is -0.446 e. The van der Waals surface area contributed by atoms with Crippen LogP contribution in [0.4, 0.5) is 4.79 Å². The number of carbonyl (C=O) groups is 1. The summed E-state index contributed by atoms with van der Waals surface area (Å²) in [4.78, 5) is 10.5. The Morgan fingerprint density at radius 2 is 2.07 bits per heavy atom. The van der Waals surface area contributed by atoms with Crippen molar-refractivity contribution in [2.45, 2.75) is 18.9 Å². The Hall–Kier alpha value is -1.55. The van der Waals surface area contributed by atoms with Gasteiger partial charge in [0.1, 0.15) is 12.2 Å². The second-order valence-electron chi connectivity index (χ2n) is 3.36. The predicted octanol–water partition coefficient (Wildman–Crippen LogP) is 1.38. The van der Waals surface area contributed by atoms with Gasteiger partial charge >= 0.3 is 6.09 Å². The molecule has 1 amide bonds. The van der Waals surface area contributed by atoms with Gasteiger partial charge in [-0.25, -0.2) is 4.79 Å². The molecule has 0 fully saturated rings. The van der Waals surface area contributed by atoms with E-state index in [9.17, 15) is 9.90 Å². The molecule has 82 valence electrons. The van der Waals surface area contributed by atoms with Crippen LogP contribution in [0.15, 0.2) is 30.3 Å². The van der Waals surface area contributed by atoms with Gasteiger partial charge in [0.15, 0.2) is 0 Å². The van der Waals surface area contributed by atoms with Crippen LogP contribution in [-0.4, -0.2) is 17.8 Å². The summed E-state index contributed by atoms with van der Waals surface area (Å²) in [5.74, 6) is 0. The standard InChI is InChI=1S/C11H15NO3/c1-2-11(14,8-15-10(12)13)9-6-4-3-5-7-9/h3-7,14H,2,8H2,1H3,(H2,12,13)/t11-/m0/s1. The van der Waals surface area contributed by atoms with Gasteiger partial charge in [0.05, 0.1) is 0 Å². The van der Waals surface area contributed by atoms with Crippen molar-refractivity contribution >= 4 is 6.09 Å². The Morgan fingerprint density at radius 1 is 1.47 bits per heavy atom. The normalized spacial score (nSPS) is 14.3. The maximum Gasteiger partial charge on any atom is 0.404 e. The van der Waals surface area contributed by atoms with Crippen LogP contribution in [0.2, 0.25) is 0 Å². The van der Waals surface area contributed by atoms with Crippen LogP contribution < -0.4 is 5.73 Å². The molecule has 0 saturated heterocycles. The lowest BCUT2D eigenvalue weighted by molar-refractivity contribution is -0.0273. The van der Waals surface area contributed by atoms with Gasteiger partial charge in [0.25, 0.3) is 0 Å². The van der Waals surface area contributed by atoms with Gasteiger partial charge in [-0.1, -0.05) is 37.3 Å². The van der Waals surface area contributed by atoms with Gasteiger partial charge in [-0.3, -0.25) is 0 Å².